The van der Waals surface area contributed by atoms with Gasteiger partial charge in [-0.3, -0.25) is 0 Å². The lowest BCUT2D eigenvalue weighted by Crippen LogP contribution is -2.01. The van der Waals surface area contributed by atoms with Crippen molar-refractivity contribution in [1.29, 1.82) is 0 Å². The number of carbonyl (C=O) groups excluding carboxylic acids is 1. The van der Waals surface area contributed by atoms with Gasteiger partial charge in [0.1, 0.15) is 6.29 Å². The average Bonchev–Trinajstić information content (AvgIpc) is 2.25. The topological polar surface area (TPSA) is 17.1 Å². The van der Waals surface area contributed by atoms with E-state index in [0.29, 0.717) is 12.3 Å². The highest BCUT2D eigenvalue weighted by molar-refractivity contribution is 5.49. The zero-order valence-corrected chi connectivity index (χ0v) is 8.78. The van der Waals surface area contributed by atoms with Crippen molar-refractivity contribution in [1.82, 2.24) is 0 Å². The second-order valence-electron chi connectivity index (χ2n) is 3.70. The van der Waals surface area contributed by atoms with E-state index >= 15 is 0 Å². The molecule has 0 heterocycles. The summed E-state index contributed by atoms with van der Waals surface area (Å²) in [7, 11) is 0. The predicted octanol–water partition coefficient (Wildman–Crippen LogP) is 3.23. The third-order valence-electron chi connectivity index (χ3n) is 2.69. The molecule has 0 aliphatic rings. The van der Waals surface area contributed by atoms with Crippen LogP contribution in [0.2, 0.25) is 0 Å². The lowest BCUT2D eigenvalue weighted by molar-refractivity contribution is -0.108. The van der Waals surface area contributed by atoms with Crippen LogP contribution >= 0.6 is 0 Å². The Morgan fingerprint density at radius 3 is 2.57 bits per heavy atom. The van der Waals surface area contributed by atoms with Gasteiger partial charge in [0.05, 0.1) is 0 Å². The number of benzene rings is 1. The Morgan fingerprint density at radius 1 is 1.29 bits per heavy atom. The first-order valence-electron chi connectivity index (χ1n) is 5.34. The maximum absolute atomic E-state index is 10.4. The van der Waals surface area contributed by atoms with Gasteiger partial charge in [-0.25, -0.2) is 0 Å². The average molecular weight is 190 g/mol. The monoisotopic (exact) mass is 190 g/mol. The molecule has 1 rings (SSSR count). The predicted molar refractivity (Wildman–Crippen MR) is 59.2 cm³/mol. The van der Waals surface area contributed by atoms with E-state index in [4.69, 9.17) is 0 Å². The van der Waals surface area contributed by atoms with Gasteiger partial charge >= 0.3 is 0 Å². The molecule has 0 fully saturated rings. The Hall–Kier alpha value is -1.11. The van der Waals surface area contributed by atoms with E-state index in [2.05, 4.69) is 31.2 Å². The van der Waals surface area contributed by atoms with E-state index < -0.39 is 0 Å². The minimum absolute atomic E-state index is 0.563. The van der Waals surface area contributed by atoms with E-state index in [1.807, 2.05) is 6.07 Å². The van der Waals surface area contributed by atoms with Gasteiger partial charge in [-0.1, -0.05) is 43.7 Å². The highest BCUT2D eigenvalue weighted by Crippen LogP contribution is 2.15. The number of carbonyl (C=O) groups is 1. The van der Waals surface area contributed by atoms with Crippen LogP contribution < -0.4 is 0 Å². The normalized spacial score (nSPS) is 12.4. The number of hydrogen-bond donors (Lipinski definition) is 0. The first kappa shape index (κ1) is 11.0. The SMILES string of the molecule is CC[C@@H](CC=O)CCc1ccccc1. The van der Waals surface area contributed by atoms with Crippen LogP contribution in [0.4, 0.5) is 0 Å². The van der Waals surface area contributed by atoms with Crippen LogP contribution in [-0.4, -0.2) is 6.29 Å². The molecule has 1 atom stereocenters. The minimum atomic E-state index is 0.563. The van der Waals surface area contributed by atoms with E-state index in [1.54, 1.807) is 0 Å². The molecule has 1 aromatic rings. The Kier molecular flexibility index (Phi) is 4.98. The quantitative estimate of drug-likeness (QED) is 0.629. The summed E-state index contributed by atoms with van der Waals surface area (Å²) < 4.78 is 0. The van der Waals surface area contributed by atoms with Crippen molar-refractivity contribution in [3.8, 4) is 0 Å². The zero-order valence-electron chi connectivity index (χ0n) is 8.78. The second-order valence-corrected chi connectivity index (χ2v) is 3.70. The van der Waals surface area contributed by atoms with Crippen molar-refractivity contribution in [3.63, 3.8) is 0 Å². The second kappa shape index (κ2) is 6.36. The van der Waals surface area contributed by atoms with Crippen LogP contribution in [0.25, 0.3) is 0 Å². The van der Waals surface area contributed by atoms with Crippen molar-refractivity contribution in [2.45, 2.75) is 32.6 Å². The van der Waals surface area contributed by atoms with Gasteiger partial charge in [-0.2, -0.15) is 0 Å². The van der Waals surface area contributed by atoms with E-state index in [-0.39, 0.29) is 0 Å². The van der Waals surface area contributed by atoms with Gasteiger partial charge in [0.15, 0.2) is 0 Å². The molecule has 14 heavy (non-hydrogen) atoms. The maximum Gasteiger partial charge on any atom is 0.120 e. The smallest absolute Gasteiger partial charge is 0.120 e. The first-order valence-corrected chi connectivity index (χ1v) is 5.34. The Labute approximate surface area is 86.1 Å². The largest absolute Gasteiger partial charge is 0.303 e. The summed E-state index contributed by atoms with van der Waals surface area (Å²) in [5, 5.41) is 0. The number of aldehydes is 1. The summed E-state index contributed by atoms with van der Waals surface area (Å²) in [5.74, 6) is 0.563. The number of rotatable bonds is 6. The highest BCUT2D eigenvalue weighted by Gasteiger charge is 2.05. The molecule has 1 heteroatoms. The highest BCUT2D eigenvalue weighted by atomic mass is 16.1. The molecule has 0 spiro atoms. The van der Waals surface area contributed by atoms with Crippen molar-refractivity contribution in [2.24, 2.45) is 5.92 Å². The van der Waals surface area contributed by atoms with Crippen molar-refractivity contribution < 1.29 is 4.79 Å². The van der Waals surface area contributed by atoms with E-state index in [0.717, 1.165) is 25.5 Å². The first-order chi connectivity index (χ1) is 6.86. The summed E-state index contributed by atoms with van der Waals surface area (Å²) >= 11 is 0. The van der Waals surface area contributed by atoms with Crippen molar-refractivity contribution >= 4 is 6.29 Å². The molecule has 0 radical (unpaired) electrons. The van der Waals surface area contributed by atoms with Gasteiger partial charge in [0.25, 0.3) is 0 Å². The molecule has 76 valence electrons. The summed E-state index contributed by atoms with van der Waals surface area (Å²) in [6.07, 6.45) is 5.07. The molecule has 0 aromatic heterocycles. The molecule has 0 bridgehead atoms. The fraction of sp³-hybridized carbons (Fsp3) is 0.462. The molecule has 0 amide bonds. The summed E-state index contributed by atoms with van der Waals surface area (Å²) in [5.41, 5.74) is 1.37. The van der Waals surface area contributed by atoms with Crippen LogP contribution in [0.5, 0.6) is 0 Å². The molecule has 1 nitrogen and oxygen atoms in total. The van der Waals surface area contributed by atoms with Gasteiger partial charge in [-0.15, -0.1) is 0 Å². The maximum atomic E-state index is 10.4. The Balaban J connectivity index is 2.35. The van der Waals surface area contributed by atoms with Gasteiger partial charge in [0.2, 0.25) is 0 Å². The number of hydrogen-bond acceptors (Lipinski definition) is 1. The molecule has 0 N–H and O–H groups in total. The van der Waals surface area contributed by atoms with Crippen LogP contribution in [0, 0.1) is 5.92 Å². The lowest BCUT2D eigenvalue weighted by Gasteiger charge is -2.10. The molecule has 0 saturated carbocycles. The molecule has 1 aromatic carbocycles. The summed E-state index contributed by atoms with van der Waals surface area (Å²) in [6.45, 7) is 2.15. The van der Waals surface area contributed by atoms with Gasteiger partial charge in [-0.05, 0) is 24.3 Å². The van der Waals surface area contributed by atoms with Crippen molar-refractivity contribution in [3.05, 3.63) is 35.9 Å². The molecule has 0 saturated heterocycles. The third kappa shape index (κ3) is 3.73. The minimum Gasteiger partial charge on any atom is -0.303 e. The van der Waals surface area contributed by atoms with Gasteiger partial charge in [0, 0.05) is 6.42 Å². The van der Waals surface area contributed by atoms with Crippen LogP contribution in [0.1, 0.15) is 31.7 Å². The number of aryl methyl sites for hydroxylation is 1. The Morgan fingerprint density at radius 2 is 2.00 bits per heavy atom. The fourth-order valence-corrected chi connectivity index (χ4v) is 1.64. The zero-order chi connectivity index (χ0) is 10.2. The third-order valence-corrected chi connectivity index (χ3v) is 2.69. The van der Waals surface area contributed by atoms with Crippen molar-refractivity contribution in [2.75, 3.05) is 0 Å². The molecule has 0 unspecified atom stereocenters. The fourth-order valence-electron chi connectivity index (χ4n) is 1.64. The van der Waals surface area contributed by atoms with Crippen LogP contribution in [0.3, 0.4) is 0 Å². The van der Waals surface area contributed by atoms with Crippen LogP contribution in [0.15, 0.2) is 30.3 Å². The van der Waals surface area contributed by atoms with Crippen LogP contribution in [-0.2, 0) is 11.2 Å². The Bertz CT molecular complexity index is 253. The molecule has 0 aliphatic heterocycles. The summed E-state index contributed by atoms with van der Waals surface area (Å²) in [6, 6.07) is 10.5. The molecule has 0 aliphatic carbocycles. The van der Waals surface area contributed by atoms with E-state index in [1.165, 1.54) is 5.56 Å². The lowest BCUT2D eigenvalue weighted by atomic mass is 9.95. The summed E-state index contributed by atoms with van der Waals surface area (Å²) in [4.78, 5) is 10.4. The van der Waals surface area contributed by atoms with E-state index in [9.17, 15) is 4.79 Å². The molecular weight excluding hydrogens is 172 g/mol. The standard InChI is InChI=1S/C13H18O/c1-2-12(10-11-14)8-9-13-6-4-3-5-7-13/h3-7,11-12H,2,8-10H2,1H3/t12-/m1/s1. The molecular formula is C13H18O. The van der Waals surface area contributed by atoms with Gasteiger partial charge < -0.3 is 4.79 Å².